The minimum Gasteiger partial charge on any atom is -0.347 e. The van der Waals surface area contributed by atoms with Crippen molar-refractivity contribution >= 4 is 5.91 Å². The molecule has 1 heterocycles. The average Bonchev–Trinajstić information content (AvgIpc) is 2.65. The number of likely N-dealkylation sites (tertiary alicyclic amines) is 1. The van der Waals surface area contributed by atoms with Crippen LogP contribution in [0.1, 0.15) is 30.0 Å². The van der Waals surface area contributed by atoms with Crippen LogP contribution < -0.4 is 0 Å². The molecule has 2 aromatic carbocycles. The molecule has 3 heteroatoms. The molecule has 1 aliphatic heterocycles. The first kappa shape index (κ1) is 17.7. The Balaban J connectivity index is 1.67. The van der Waals surface area contributed by atoms with Crippen molar-refractivity contribution in [1.29, 1.82) is 0 Å². The van der Waals surface area contributed by atoms with Gasteiger partial charge in [0.2, 0.25) is 5.91 Å². The SMILES string of the molecule is CN(C)C(=O)C(c1ccccc1)N1CCC(Cc2ccccc2)CC1. The summed E-state index contributed by atoms with van der Waals surface area (Å²) in [5.74, 6) is 0.886. The lowest BCUT2D eigenvalue weighted by Gasteiger charge is -2.38. The minimum atomic E-state index is -0.158. The van der Waals surface area contributed by atoms with E-state index >= 15 is 0 Å². The third-order valence-corrected chi connectivity index (χ3v) is 5.17. The summed E-state index contributed by atoms with van der Waals surface area (Å²) in [6.45, 7) is 1.97. The van der Waals surface area contributed by atoms with Gasteiger partial charge in [-0.3, -0.25) is 9.69 Å². The molecule has 0 radical (unpaired) electrons. The standard InChI is InChI=1S/C22H28N2O/c1-23(2)22(25)21(20-11-7-4-8-12-20)24-15-13-19(14-16-24)17-18-9-5-3-6-10-18/h3-12,19,21H,13-17H2,1-2H3. The number of piperidine rings is 1. The maximum atomic E-state index is 12.8. The highest BCUT2D eigenvalue weighted by molar-refractivity contribution is 5.82. The van der Waals surface area contributed by atoms with Crippen molar-refractivity contribution in [3.05, 3.63) is 71.8 Å². The van der Waals surface area contributed by atoms with E-state index in [0.29, 0.717) is 5.92 Å². The first-order valence-electron chi connectivity index (χ1n) is 9.19. The van der Waals surface area contributed by atoms with Gasteiger partial charge in [-0.05, 0) is 49.4 Å². The molecule has 3 nitrogen and oxygen atoms in total. The number of hydrogen-bond donors (Lipinski definition) is 0. The monoisotopic (exact) mass is 336 g/mol. The van der Waals surface area contributed by atoms with E-state index in [4.69, 9.17) is 0 Å². The molecule has 0 bridgehead atoms. The fourth-order valence-corrected chi connectivity index (χ4v) is 3.75. The molecule has 0 aliphatic carbocycles. The van der Waals surface area contributed by atoms with Crippen molar-refractivity contribution in [3.8, 4) is 0 Å². The molecule has 0 saturated carbocycles. The molecule has 1 unspecified atom stereocenters. The Kier molecular flexibility index (Phi) is 5.87. The highest BCUT2D eigenvalue weighted by atomic mass is 16.2. The van der Waals surface area contributed by atoms with Crippen molar-refractivity contribution in [1.82, 2.24) is 9.80 Å². The normalized spacial score (nSPS) is 17.2. The van der Waals surface area contributed by atoms with Gasteiger partial charge in [0.15, 0.2) is 0 Å². The number of nitrogens with zero attached hydrogens (tertiary/aromatic N) is 2. The van der Waals surface area contributed by atoms with Crippen LogP contribution in [0.15, 0.2) is 60.7 Å². The molecule has 132 valence electrons. The molecular formula is C22H28N2O. The summed E-state index contributed by atoms with van der Waals surface area (Å²) in [5.41, 5.74) is 2.52. The van der Waals surface area contributed by atoms with Crippen LogP contribution in [0, 0.1) is 5.92 Å². The summed E-state index contributed by atoms with van der Waals surface area (Å²) < 4.78 is 0. The highest BCUT2D eigenvalue weighted by Gasteiger charge is 2.31. The number of amides is 1. The Hall–Kier alpha value is -2.13. The second-order valence-electron chi connectivity index (χ2n) is 7.21. The van der Waals surface area contributed by atoms with E-state index in [-0.39, 0.29) is 11.9 Å². The molecule has 25 heavy (non-hydrogen) atoms. The molecule has 1 atom stereocenters. The van der Waals surface area contributed by atoms with Gasteiger partial charge in [-0.25, -0.2) is 0 Å². The lowest BCUT2D eigenvalue weighted by molar-refractivity contribution is -0.135. The number of benzene rings is 2. The predicted octanol–water partition coefficient (Wildman–Crippen LogP) is 3.77. The van der Waals surface area contributed by atoms with Crippen LogP contribution >= 0.6 is 0 Å². The summed E-state index contributed by atoms with van der Waals surface area (Å²) in [5, 5.41) is 0. The van der Waals surface area contributed by atoms with E-state index in [9.17, 15) is 4.79 Å². The van der Waals surface area contributed by atoms with Crippen LogP contribution in [0.3, 0.4) is 0 Å². The van der Waals surface area contributed by atoms with Crippen LogP contribution in [0.25, 0.3) is 0 Å². The zero-order valence-electron chi connectivity index (χ0n) is 15.3. The van der Waals surface area contributed by atoms with Gasteiger partial charge in [0, 0.05) is 14.1 Å². The first-order valence-corrected chi connectivity index (χ1v) is 9.19. The Morgan fingerprint density at radius 2 is 1.56 bits per heavy atom. The highest BCUT2D eigenvalue weighted by Crippen LogP contribution is 2.29. The fraction of sp³-hybridized carbons (Fsp3) is 0.409. The van der Waals surface area contributed by atoms with Crippen molar-refractivity contribution in [2.45, 2.75) is 25.3 Å². The second kappa shape index (κ2) is 8.30. The van der Waals surface area contributed by atoms with Gasteiger partial charge in [0.1, 0.15) is 6.04 Å². The third-order valence-electron chi connectivity index (χ3n) is 5.17. The average molecular weight is 336 g/mol. The van der Waals surface area contributed by atoms with Gasteiger partial charge in [-0.2, -0.15) is 0 Å². The van der Waals surface area contributed by atoms with Gasteiger partial charge < -0.3 is 4.90 Å². The topological polar surface area (TPSA) is 23.6 Å². The number of hydrogen-bond acceptors (Lipinski definition) is 2. The van der Waals surface area contributed by atoms with Crippen LogP contribution in [0.4, 0.5) is 0 Å². The van der Waals surface area contributed by atoms with Crippen molar-refractivity contribution in [2.24, 2.45) is 5.92 Å². The van der Waals surface area contributed by atoms with Crippen LogP contribution in [0.2, 0.25) is 0 Å². The van der Waals surface area contributed by atoms with Gasteiger partial charge in [0.05, 0.1) is 0 Å². The Labute approximate surface area is 151 Å². The van der Waals surface area contributed by atoms with Gasteiger partial charge >= 0.3 is 0 Å². The molecular weight excluding hydrogens is 308 g/mol. The van der Waals surface area contributed by atoms with Crippen molar-refractivity contribution in [2.75, 3.05) is 27.2 Å². The smallest absolute Gasteiger partial charge is 0.244 e. The van der Waals surface area contributed by atoms with E-state index in [1.165, 1.54) is 5.56 Å². The third kappa shape index (κ3) is 4.49. The van der Waals surface area contributed by atoms with E-state index in [1.807, 2.05) is 32.3 Å². The molecule has 0 N–H and O–H groups in total. The molecule has 0 aromatic heterocycles. The summed E-state index contributed by atoms with van der Waals surface area (Å²) in [7, 11) is 3.70. The van der Waals surface area contributed by atoms with E-state index in [2.05, 4.69) is 47.4 Å². The molecule has 2 aromatic rings. The lowest BCUT2D eigenvalue weighted by Crippen LogP contribution is -2.44. The maximum absolute atomic E-state index is 12.8. The quantitative estimate of drug-likeness (QED) is 0.830. The number of carbonyl (C=O) groups excluding carboxylic acids is 1. The molecule has 3 rings (SSSR count). The molecule has 1 amide bonds. The van der Waals surface area contributed by atoms with Crippen LogP contribution in [-0.4, -0.2) is 42.9 Å². The van der Waals surface area contributed by atoms with Crippen molar-refractivity contribution in [3.63, 3.8) is 0 Å². The van der Waals surface area contributed by atoms with Crippen LogP contribution in [-0.2, 0) is 11.2 Å². The molecule has 1 fully saturated rings. The van der Waals surface area contributed by atoms with E-state index < -0.39 is 0 Å². The predicted molar refractivity (Wildman–Crippen MR) is 102 cm³/mol. The zero-order chi connectivity index (χ0) is 17.6. The van der Waals surface area contributed by atoms with Crippen molar-refractivity contribution < 1.29 is 4.79 Å². The minimum absolute atomic E-state index is 0.158. The maximum Gasteiger partial charge on any atom is 0.244 e. The number of carbonyl (C=O) groups is 1. The summed E-state index contributed by atoms with van der Waals surface area (Å²) in [6.07, 6.45) is 3.45. The Morgan fingerprint density at radius 1 is 1.00 bits per heavy atom. The second-order valence-corrected chi connectivity index (χ2v) is 7.21. The fourth-order valence-electron chi connectivity index (χ4n) is 3.75. The summed E-state index contributed by atoms with van der Waals surface area (Å²) in [6, 6.07) is 20.8. The van der Waals surface area contributed by atoms with E-state index in [1.54, 1.807) is 4.90 Å². The number of likely N-dealkylation sites (N-methyl/N-ethyl adjacent to an activating group) is 1. The van der Waals surface area contributed by atoms with Gasteiger partial charge in [-0.15, -0.1) is 0 Å². The van der Waals surface area contributed by atoms with Crippen LogP contribution in [0.5, 0.6) is 0 Å². The van der Waals surface area contributed by atoms with Gasteiger partial charge in [-0.1, -0.05) is 60.7 Å². The Bertz CT molecular complexity index is 661. The lowest BCUT2D eigenvalue weighted by atomic mass is 9.89. The summed E-state index contributed by atoms with van der Waals surface area (Å²) in [4.78, 5) is 16.9. The Morgan fingerprint density at radius 3 is 2.12 bits per heavy atom. The number of rotatable bonds is 5. The first-order chi connectivity index (χ1) is 12.1. The van der Waals surface area contributed by atoms with E-state index in [0.717, 1.165) is 37.9 Å². The summed E-state index contributed by atoms with van der Waals surface area (Å²) >= 11 is 0. The zero-order valence-corrected chi connectivity index (χ0v) is 15.3. The molecule has 1 aliphatic rings. The van der Waals surface area contributed by atoms with Gasteiger partial charge in [0.25, 0.3) is 0 Å². The molecule has 0 spiro atoms. The largest absolute Gasteiger partial charge is 0.347 e. The molecule has 1 saturated heterocycles.